The molecule has 0 unspecified atom stereocenters. The van der Waals surface area contributed by atoms with Gasteiger partial charge in [0.15, 0.2) is 17.4 Å². The zero-order valence-electron chi connectivity index (χ0n) is 8.42. The van der Waals surface area contributed by atoms with Crippen molar-refractivity contribution in [3.05, 3.63) is 40.5 Å². The molecule has 0 fully saturated rings. The highest BCUT2D eigenvalue weighted by molar-refractivity contribution is 6.13. The van der Waals surface area contributed by atoms with E-state index in [1.165, 1.54) is 0 Å². The van der Waals surface area contributed by atoms with Gasteiger partial charge in [-0.15, -0.1) is 0 Å². The summed E-state index contributed by atoms with van der Waals surface area (Å²) in [6.45, 7) is 0. The topological polar surface area (TPSA) is 64.7 Å². The van der Waals surface area contributed by atoms with E-state index in [0.717, 1.165) is 12.1 Å². The van der Waals surface area contributed by atoms with Crippen LogP contribution in [0.15, 0.2) is 17.7 Å². The van der Waals surface area contributed by atoms with Crippen molar-refractivity contribution in [1.29, 1.82) is 10.5 Å². The van der Waals surface area contributed by atoms with Crippen molar-refractivity contribution >= 4 is 11.4 Å². The molecular weight excluding hydrogens is 226 g/mol. The maximum atomic E-state index is 13.1. The van der Waals surface area contributed by atoms with Crippen LogP contribution in [0.5, 0.6) is 0 Å². The third kappa shape index (κ3) is 1.58. The Labute approximate surface area is 95.2 Å². The molecule has 1 aliphatic rings. The molecule has 5 heteroatoms. The molecule has 1 aromatic rings. The molecule has 17 heavy (non-hydrogen) atoms. The fraction of sp³-hybridized carbons (Fsp3) is 0.0833. The van der Waals surface area contributed by atoms with Crippen LogP contribution in [0.25, 0.3) is 5.57 Å². The number of fused-ring (bicyclic) bond motifs is 1. The Morgan fingerprint density at radius 2 is 1.65 bits per heavy atom. The molecule has 0 amide bonds. The molecule has 0 saturated carbocycles. The molecule has 82 valence electrons. The Morgan fingerprint density at radius 1 is 1.12 bits per heavy atom. The number of halogens is 2. The van der Waals surface area contributed by atoms with Gasteiger partial charge in [-0.1, -0.05) is 0 Å². The van der Waals surface area contributed by atoms with Crippen molar-refractivity contribution in [3.8, 4) is 12.1 Å². The van der Waals surface area contributed by atoms with Crippen molar-refractivity contribution in [1.82, 2.24) is 0 Å². The molecule has 0 spiro atoms. The van der Waals surface area contributed by atoms with Crippen LogP contribution in [-0.4, -0.2) is 5.78 Å². The molecule has 2 rings (SSSR count). The number of carbonyl (C=O) groups excluding carboxylic acids is 1. The minimum absolute atomic E-state index is 0.0156. The molecule has 0 aliphatic heterocycles. The van der Waals surface area contributed by atoms with E-state index in [0.29, 0.717) is 0 Å². The Morgan fingerprint density at radius 3 is 2.18 bits per heavy atom. The summed E-state index contributed by atoms with van der Waals surface area (Å²) >= 11 is 0. The minimum atomic E-state index is -1.12. The normalized spacial score (nSPS) is 12.9. The maximum Gasteiger partial charge on any atom is 0.168 e. The molecule has 1 aliphatic carbocycles. The molecule has 0 atom stereocenters. The van der Waals surface area contributed by atoms with Gasteiger partial charge < -0.3 is 0 Å². The van der Waals surface area contributed by atoms with E-state index in [2.05, 4.69) is 0 Å². The Kier molecular flexibility index (Phi) is 2.45. The summed E-state index contributed by atoms with van der Waals surface area (Å²) in [6, 6.07) is 4.92. The van der Waals surface area contributed by atoms with Gasteiger partial charge in [-0.25, -0.2) is 8.78 Å². The average molecular weight is 230 g/mol. The van der Waals surface area contributed by atoms with Gasteiger partial charge in [-0.05, 0) is 23.3 Å². The lowest BCUT2D eigenvalue weighted by Crippen LogP contribution is -1.94. The number of hydrogen-bond donors (Lipinski definition) is 0. The number of allylic oxidation sites excluding steroid dienone is 2. The van der Waals surface area contributed by atoms with Crippen molar-refractivity contribution in [3.63, 3.8) is 0 Å². The van der Waals surface area contributed by atoms with Crippen LogP contribution < -0.4 is 0 Å². The van der Waals surface area contributed by atoms with Crippen LogP contribution in [0.2, 0.25) is 0 Å². The highest BCUT2D eigenvalue weighted by Gasteiger charge is 2.28. The Bertz CT molecular complexity index is 632. The molecule has 0 radical (unpaired) electrons. The number of nitrogens with zero attached hydrogens (tertiary/aromatic N) is 2. The summed E-state index contributed by atoms with van der Waals surface area (Å²) in [5.74, 6) is -2.64. The van der Waals surface area contributed by atoms with Gasteiger partial charge in [0.25, 0.3) is 0 Å². The van der Waals surface area contributed by atoms with Crippen LogP contribution in [0, 0.1) is 34.3 Å². The van der Waals surface area contributed by atoms with E-state index in [-0.39, 0.29) is 28.7 Å². The predicted octanol–water partition coefficient (Wildman–Crippen LogP) is 2.35. The minimum Gasteiger partial charge on any atom is -0.294 e. The highest BCUT2D eigenvalue weighted by Crippen LogP contribution is 2.35. The summed E-state index contributed by atoms with van der Waals surface area (Å²) in [5.41, 5.74) is 0.0610. The summed E-state index contributed by atoms with van der Waals surface area (Å²) in [6.07, 6.45) is -0.172. The summed E-state index contributed by atoms with van der Waals surface area (Å²) in [7, 11) is 0. The van der Waals surface area contributed by atoms with E-state index >= 15 is 0 Å². The van der Waals surface area contributed by atoms with Gasteiger partial charge in [-0.3, -0.25) is 4.79 Å². The van der Waals surface area contributed by atoms with E-state index < -0.39 is 17.4 Å². The Hall–Kier alpha value is -2.53. The fourth-order valence-electron chi connectivity index (χ4n) is 1.76. The number of Topliss-reactive ketones (excluding diaryl/α,β-unsaturated/α-hetero) is 1. The summed E-state index contributed by atoms with van der Waals surface area (Å²) in [4.78, 5) is 11.5. The van der Waals surface area contributed by atoms with Crippen molar-refractivity contribution in [2.75, 3.05) is 0 Å². The van der Waals surface area contributed by atoms with Crippen LogP contribution in [-0.2, 0) is 0 Å². The monoisotopic (exact) mass is 230 g/mol. The average Bonchev–Trinajstić information content (AvgIpc) is 2.60. The lowest BCUT2D eigenvalue weighted by atomic mass is 10.0. The van der Waals surface area contributed by atoms with E-state index in [1.807, 2.05) is 0 Å². The lowest BCUT2D eigenvalue weighted by molar-refractivity contribution is 0.100. The van der Waals surface area contributed by atoms with Gasteiger partial charge in [-0.2, -0.15) is 10.5 Å². The molecule has 1 aromatic carbocycles. The number of carbonyl (C=O) groups is 1. The maximum absolute atomic E-state index is 13.1. The fourth-order valence-corrected chi connectivity index (χ4v) is 1.76. The van der Waals surface area contributed by atoms with Gasteiger partial charge in [0.05, 0.1) is 0 Å². The van der Waals surface area contributed by atoms with E-state index in [1.54, 1.807) is 12.1 Å². The van der Waals surface area contributed by atoms with Crippen molar-refractivity contribution < 1.29 is 13.6 Å². The quantitative estimate of drug-likeness (QED) is 0.642. The van der Waals surface area contributed by atoms with Crippen LogP contribution in [0.4, 0.5) is 8.78 Å². The zero-order valence-corrected chi connectivity index (χ0v) is 8.42. The van der Waals surface area contributed by atoms with Gasteiger partial charge in [0, 0.05) is 12.0 Å². The summed E-state index contributed by atoms with van der Waals surface area (Å²) in [5, 5.41) is 17.4. The highest BCUT2D eigenvalue weighted by atomic mass is 19.2. The summed E-state index contributed by atoms with van der Waals surface area (Å²) < 4.78 is 26.0. The predicted molar refractivity (Wildman–Crippen MR) is 53.5 cm³/mol. The van der Waals surface area contributed by atoms with Crippen LogP contribution >= 0.6 is 0 Å². The standard InChI is InChI=1S/C12H4F2N2O/c13-10-1-8-7(6(4-15)5-16)3-12(17)9(8)2-11(10)14/h1-2H,3H2. The van der Waals surface area contributed by atoms with Crippen molar-refractivity contribution in [2.45, 2.75) is 6.42 Å². The molecule has 3 nitrogen and oxygen atoms in total. The number of rotatable bonds is 0. The number of benzene rings is 1. The molecule has 0 aromatic heterocycles. The first kappa shape index (κ1) is 11.0. The molecule has 0 N–H and O–H groups in total. The molecule has 0 bridgehead atoms. The second kappa shape index (κ2) is 3.80. The molecular formula is C12H4F2N2O. The largest absolute Gasteiger partial charge is 0.294 e. The first-order valence-electron chi connectivity index (χ1n) is 4.64. The number of ketones is 1. The lowest BCUT2D eigenvalue weighted by Gasteiger charge is -2.00. The first-order valence-corrected chi connectivity index (χ1v) is 4.64. The second-order valence-electron chi connectivity index (χ2n) is 3.49. The molecule has 0 heterocycles. The third-order valence-electron chi connectivity index (χ3n) is 2.55. The third-order valence-corrected chi connectivity index (χ3v) is 2.55. The van der Waals surface area contributed by atoms with Crippen molar-refractivity contribution in [2.24, 2.45) is 0 Å². The molecule has 0 saturated heterocycles. The Balaban J connectivity index is 2.77. The zero-order chi connectivity index (χ0) is 12.6. The number of nitriles is 2. The SMILES string of the molecule is N#CC(C#N)=C1CC(=O)c2cc(F)c(F)cc21. The van der Waals surface area contributed by atoms with Gasteiger partial charge >= 0.3 is 0 Å². The van der Waals surface area contributed by atoms with Gasteiger partial charge in [0.2, 0.25) is 0 Å². The van der Waals surface area contributed by atoms with Crippen LogP contribution in [0.1, 0.15) is 22.3 Å². The number of hydrogen-bond acceptors (Lipinski definition) is 3. The first-order chi connectivity index (χ1) is 8.08. The smallest absolute Gasteiger partial charge is 0.168 e. The van der Waals surface area contributed by atoms with E-state index in [4.69, 9.17) is 10.5 Å². The van der Waals surface area contributed by atoms with Gasteiger partial charge in [0.1, 0.15) is 17.7 Å². The van der Waals surface area contributed by atoms with Crippen LogP contribution in [0.3, 0.4) is 0 Å². The second-order valence-corrected chi connectivity index (χ2v) is 3.49. The van der Waals surface area contributed by atoms with E-state index in [9.17, 15) is 13.6 Å².